The molecule has 1 aromatic rings. The van der Waals surface area contributed by atoms with Crippen LogP contribution in [0.5, 0.6) is 0 Å². The number of likely N-dealkylation sites (tertiary alicyclic amines) is 1. The maximum Gasteiger partial charge on any atom is 0.254 e. The highest BCUT2D eigenvalue weighted by atomic mass is 35.5. The van der Waals surface area contributed by atoms with Gasteiger partial charge in [-0.25, -0.2) is 0 Å². The van der Waals surface area contributed by atoms with E-state index in [4.69, 9.17) is 11.6 Å². The number of halogens is 1. The van der Waals surface area contributed by atoms with E-state index in [2.05, 4.69) is 0 Å². The lowest BCUT2D eigenvalue weighted by atomic mass is 9.88. The van der Waals surface area contributed by atoms with Crippen LogP contribution in [0.15, 0.2) is 24.3 Å². The Labute approximate surface area is 112 Å². The van der Waals surface area contributed by atoms with E-state index in [1.165, 1.54) is 0 Å². The lowest BCUT2D eigenvalue weighted by Gasteiger charge is -2.44. The Bertz CT molecular complexity index is 442. The van der Waals surface area contributed by atoms with Crippen molar-refractivity contribution >= 4 is 17.5 Å². The molecule has 1 aliphatic rings. The van der Waals surface area contributed by atoms with Crippen molar-refractivity contribution < 1.29 is 9.90 Å². The summed E-state index contributed by atoms with van der Waals surface area (Å²) in [6, 6.07) is 6.87. The Morgan fingerprint density at radius 1 is 1.39 bits per heavy atom. The zero-order chi connectivity index (χ0) is 13.3. The average Bonchev–Trinajstić information content (AvgIpc) is 2.32. The first kappa shape index (κ1) is 13.4. The highest BCUT2D eigenvalue weighted by molar-refractivity contribution is 6.30. The number of hydrogen-bond acceptors (Lipinski definition) is 2. The third-order valence-corrected chi connectivity index (χ3v) is 3.80. The van der Waals surface area contributed by atoms with Gasteiger partial charge < -0.3 is 10.0 Å². The number of carbonyl (C=O) groups excluding carboxylic acids is 1. The predicted molar refractivity (Wildman–Crippen MR) is 71.8 cm³/mol. The molecule has 4 heteroatoms. The van der Waals surface area contributed by atoms with Crippen molar-refractivity contribution in [3.63, 3.8) is 0 Å². The van der Waals surface area contributed by atoms with Crippen LogP contribution >= 0.6 is 11.6 Å². The number of benzene rings is 1. The van der Waals surface area contributed by atoms with Crippen molar-refractivity contribution in [2.45, 2.75) is 38.3 Å². The topological polar surface area (TPSA) is 40.5 Å². The smallest absolute Gasteiger partial charge is 0.254 e. The third kappa shape index (κ3) is 2.68. The van der Waals surface area contributed by atoms with Gasteiger partial charge in [0.25, 0.3) is 5.91 Å². The van der Waals surface area contributed by atoms with Crippen molar-refractivity contribution in [3.8, 4) is 0 Å². The molecule has 1 amide bonds. The molecule has 1 atom stereocenters. The van der Waals surface area contributed by atoms with Crippen molar-refractivity contribution in [1.82, 2.24) is 4.90 Å². The van der Waals surface area contributed by atoms with Gasteiger partial charge in [0.15, 0.2) is 0 Å². The van der Waals surface area contributed by atoms with Crippen LogP contribution in [0.2, 0.25) is 5.02 Å². The number of aliphatic hydroxyl groups excluding tert-OH is 1. The summed E-state index contributed by atoms with van der Waals surface area (Å²) >= 11 is 5.82. The molecule has 3 nitrogen and oxygen atoms in total. The number of carbonyl (C=O) groups is 1. The zero-order valence-electron chi connectivity index (χ0n) is 10.7. The third-order valence-electron chi connectivity index (χ3n) is 3.55. The van der Waals surface area contributed by atoms with Gasteiger partial charge in [-0.3, -0.25) is 4.79 Å². The highest BCUT2D eigenvalue weighted by Gasteiger charge is 2.36. The highest BCUT2D eigenvalue weighted by Crippen LogP contribution is 2.29. The monoisotopic (exact) mass is 267 g/mol. The first-order chi connectivity index (χ1) is 8.40. The summed E-state index contributed by atoms with van der Waals surface area (Å²) in [7, 11) is 0. The van der Waals surface area contributed by atoms with Crippen LogP contribution in [-0.2, 0) is 0 Å². The molecule has 0 saturated carbocycles. The number of piperidine rings is 1. The maximum absolute atomic E-state index is 12.4. The molecule has 0 aromatic heterocycles. The first-order valence-electron chi connectivity index (χ1n) is 6.16. The molecular weight excluding hydrogens is 250 g/mol. The quantitative estimate of drug-likeness (QED) is 0.850. The molecule has 18 heavy (non-hydrogen) atoms. The van der Waals surface area contributed by atoms with E-state index in [1.807, 2.05) is 13.8 Å². The standard InChI is InChI=1S/C14H18ClNO2/c1-14(2)8-7-12(17)9-16(14)13(18)10-3-5-11(15)6-4-10/h3-6,12,17H,7-9H2,1-2H3. The van der Waals surface area contributed by atoms with Gasteiger partial charge in [-0.2, -0.15) is 0 Å². The molecule has 0 bridgehead atoms. The van der Waals surface area contributed by atoms with Gasteiger partial charge in [0.05, 0.1) is 6.10 Å². The van der Waals surface area contributed by atoms with Crippen LogP contribution in [0.25, 0.3) is 0 Å². The Morgan fingerprint density at radius 2 is 2.00 bits per heavy atom. The fourth-order valence-corrected chi connectivity index (χ4v) is 2.44. The number of β-amino-alcohol motifs (C(OH)–C–C–N with tert-alkyl or cyclic N) is 1. The Morgan fingerprint density at radius 3 is 2.61 bits per heavy atom. The number of nitrogens with zero attached hydrogens (tertiary/aromatic N) is 1. The van der Waals surface area contributed by atoms with Gasteiger partial charge in [-0.05, 0) is 51.0 Å². The second kappa shape index (κ2) is 4.90. The van der Waals surface area contributed by atoms with Gasteiger partial charge >= 0.3 is 0 Å². The Hall–Kier alpha value is -1.06. The summed E-state index contributed by atoms with van der Waals surface area (Å²) in [6.45, 7) is 4.47. The Kier molecular flexibility index (Phi) is 3.64. The average molecular weight is 268 g/mol. The van der Waals surface area contributed by atoms with Gasteiger partial charge in [-0.1, -0.05) is 11.6 Å². The minimum absolute atomic E-state index is 0.0459. The van der Waals surface area contributed by atoms with Crippen molar-refractivity contribution in [3.05, 3.63) is 34.9 Å². The van der Waals surface area contributed by atoms with Crippen LogP contribution in [-0.4, -0.2) is 34.1 Å². The summed E-state index contributed by atoms with van der Waals surface area (Å²) in [6.07, 6.45) is 1.14. The molecule has 1 aliphatic heterocycles. The van der Waals surface area contributed by atoms with Gasteiger partial charge in [-0.15, -0.1) is 0 Å². The van der Waals surface area contributed by atoms with E-state index in [0.29, 0.717) is 17.1 Å². The van der Waals surface area contributed by atoms with E-state index in [0.717, 1.165) is 12.8 Å². The maximum atomic E-state index is 12.4. The SMILES string of the molecule is CC1(C)CCC(O)CN1C(=O)c1ccc(Cl)cc1. The van der Waals surface area contributed by atoms with Gasteiger partial charge in [0.2, 0.25) is 0 Å². The van der Waals surface area contributed by atoms with Gasteiger partial charge in [0, 0.05) is 22.7 Å². The molecule has 0 spiro atoms. The summed E-state index contributed by atoms with van der Waals surface area (Å²) in [5.41, 5.74) is 0.400. The van der Waals surface area contributed by atoms with Crippen LogP contribution in [0.1, 0.15) is 37.0 Å². The minimum Gasteiger partial charge on any atom is -0.391 e. The van der Waals surface area contributed by atoms with E-state index in [9.17, 15) is 9.90 Å². The molecule has 0 radical (unpaired) electrons. The molecule has 1 N–H and O–H groups in total. The van der Waals surface area contributed by atoms with Crippen molar-refractivity contribution in [2.75, 3.05) is 6.54 Å². The van der Waals surface area contributed by atoms with Crippen molar-refractivity contribution in [2.24, 2.45) is 0 Å². The molecule has 1 unspecified atom stereocenters. The fourth-order valence-electron chi connectivity index (χ4n) is 2.31. The van der Waals surface area contributed by atoms with Crippen LogP contribution in [0.4, 0.5) is 0 Å². The largest absolute Gasteiger partial charge is 0.391 e. The molecule has 1 aromatic carbocycles. The number of hydrogen-bond donors (Lipinski definition) is 1. The molecule has 0 aliphatic carbocycles. The minimum atomic E-state index is -0.422. The van der Waals surface area contributed by atoms with E-state index in [-0.39, 0.29) is 11.4 Å². The predicted octanol–water partition coefficient (Wildman–Crippen LogP) is 2.72. The zero-order valence-corrected chi connectivity index (χ0v) is 11.4. The Balaban J connectivity index is 2.23. The van der Waals surface area contributed by atoms with Crippen molar-refractivity contribution in [1.29, 1.82) is 0 Å². The number of rotatable bonds is 1. The van der Waals surface area contributed by atoms with Crippen LogP contribution < -0.4 is 0 Å². The molecule has 2 rings (SSSR count). The summed E-state index contributed by atoms with van der Waals surface area (Å²) in [5.74, 6) is -0.0459. The molecule has 98 valence electrons. The molecule has 1 fully saturated rings. The summed E-state index contributed by atoms with van der Waals surface area (Å²) < 4.78 is 0. The second-order valence-corrected chi connectivity index (χ2v) is 5.86. The number of amides is 1. The lowest BCUT2D eigenvalue weighted by molar-refractivity contribution is 0.00154. The second-order valence-electron chi connectivity index (χ2n) is 5.43. The first-order valence-corrected chi connectivity index (χ1v) is 6.53. The fraction of sp³-hybridized carbons (Fsp3) is 0.500. The molecular formula is C14H18ClNO2. The van der Waals surface area contributed by atoms with E-state index >= 15 is 0 Å². The molecule has 1 heterocycles. The van der Waals surface area contributed by atoms with Gasteiger partial charge in [0.1, 0.15) is 0 Å². The number of aliphatic hydroxyl groups is 1. The normalized spacial score (nSPS) is 22.9. The lowest BCUT2D eigenvalue weighted by Crippen LogP contribution is -2.54. The molecule has 1 saturated heterocycles. The van der Waals surface area contributed by atoms with E-state index in [1.54, 1.807) is 29.2 Å². The summed E-state index contributed by atoms with van der Waals surface area (Å²) in [4.78, 5) is 14.2. The van der Waals surface area contributed by atoms with Crippen LogP contribution in [0.3, 0.4) is 0 Å². The van der Waals surface area contributed by atoms with E-state index < -0.39 is 6.10 Å². The van der Waals surface area contributed by atoms with Crippen LogP contribution in [0, 0.1) is 0 Å². The summed E-state index contributed by atoms with van der Waals surface area (Å²) in [5, 5.41) is 10.4.